The number of benzene rings is 7. The second kappa shape index (κ2) is 15.5. The van der Waals surface area contributed by atoms with Crippen LogP contribution in [0.4, 0.5) is 0 Å². The fourth-order valence-corrected chi connectivity index (χ4v) is 8.96. The Morgan fingerprint density at radius 1 is 0.516 bits per heavy atom. The van der Waals surface area contributed by atoms with Crippen molar-refractivity contribution in [3.63, 3.8) is 0 Å². The zero-order chi connectivity index (χ0) is 41.2. The summed E-state index contributed by atoms with van der Waals surface area (Å²) in [4.78, 5) is 9.75. The molecule has 5 heteroatoms. The van der Waals surface area contributed by atoms with Crippen molar-refractivity contribution in [2.45, 2.75) is 33.1 Å². The molecule has 300 valence electrons. The molecule has 0 radical (unpaired) electrons. The van der Waals surface area contributed by atoms with E-state index in [1.807, 2.05) is 36.7 Å². The molecule has 0 N–H and O–H groups in total. The van der Waals surface area contributed by atoms with Crippen LogP contribution in [0.15, 0.2) is 176 Å². The van der Waals surface area contributed by atoms with E-state index in [1.54, 1.807) is 0 Å². The molecule has 0 amide bonds. The normalized spacial score (nSPS) is 11.7. The first-order chi connectivity index (χ1) is 29.8. The number of para-hydroxylation sites is 1. The predicted molar refractivity (Wildman–Crippen MR) is 250 cm³/mol. The smallest absolute Gasteiger partial charge is 0.503 e. The van der Waals surface area contributed by atoms with E-state index in [4.69, 9.17) is 14.7 Å². The minimum absolute atomic E-state index is 0. The van der Waals surface area contributed by atoms with Gasteiger partial charge in [-0.3, -0.25) is 0 Å². The average molecular weight is 979 g/mol. The summed E-state index contributed by atoms with van der Waals surface area (Å²) in [5, 5.41) is 2.23. The first-order valence-electron chi connectivity index (χ1n) is 20.8. The van der Waals surface area contributed by atoms with Crippen molar-refractivity contribution in [2.75, 3.05) is 0 Å². The number of ether oxygens (including phenoxy) is 1. The minimum atomic E-state index is -0.0193. The second-order valence-electron chi connectivity index (χ2n) is 16.9. The van der Waals surface area contributed by atoms with Crippen LogP contribution in [0.2, 0.25) is 0 Å². The number of hydrogen-bond acceptors (Lipinski definition) is 3. The summed E-state index contributed by atoms with van der Waals surface area (Å²) in [6.45, 7) is 8.80. The number of rotatable bonds is 5. The van der Waals surface area contributed by atoms with E-state index in [0.29, 0.717) is 11.5 Å². The Bertz CT molecular complexity index is 3350. The van der Waals surface area contributed by atoms with Gasteiger partial charge in [0.15, 0.2) is 0 Å². The molecule has 11 rings (SSSR count). The van der Waals surface area contributed by atoms with Gasteiger partial charge >= 0.3 is 21.1 Å². The molecule has 0 spiro atoms. The third-order valence-corrected chi connectivity index (χ3v) is 12.0. The van der Waals surface area contributed by atoms with Crippen LogP contribution < -0.4 is 4.74 Å². The topological polar surface area (TPSA) is 39.9 Å². The molecule has 3 heterocycles. The van der Waals surface area contributed by atoms with E-state index >= 15 is 0 Å². The largest absolute Gasteiger partial charge is 2.00 e. The summed E-state index contributed by atoms with van der Waals surface area (Å²) < 4.78 is 8.74. The minimum Gasteiger partial charge on any atom is -0.503 e. The monoisotopic (exact) mass is 978 g/mol. The van der Waals surface area contributed by atoms with Crippen LogP contribution >= 0.6 is 0 Å². The third-order valence-electron chi connectivity index (χ3n) is 12.0. The van der Waals surface area contributed by atoms with Gasteiger partial charge < -0.3 is 14.3 Å². The third kappa shape index (κ3) is 6.76. The Morgan fingerprint density at radius 3 is 1.81 bits per heavy atom. The van der Waals surface area contributed by atoms with Crippen LogP contribution in [0.1, 0.15) is 31.9 Å². The molecule has 0 bridgehead atoms. The van der Waals surface area contributed by atoms with Crippen molar-refractivity contribution in [1.29, 1.82) is 0 Å². The standard InChI is InChI=1S/C57H41N3O.Pt/c1-36-35-59-53(34-51(36)37-24-26-48-46-20-8-7-18-44(46)42-16-5-6-17-43(42)45-19-9-10-21-47(45)52(48)31-37)38-14-13-15-40(30-38)61-41-25-27-50-49-22-11-12-23-54(49)60(55(50)33-41)56-32-39(28-29-58-56)57(2,3)4;/h5-29,31-32,34-35H,1-4H3;/q-2;+2. The summed E-state index contributed by atoms with van der Waals surface area (Å²) >= 11 is 0. The molecule has 3 aromatic heterocycles. The number of aryl methyl sites for hydroxylation is 1. The Morgan fingerprint density at radius 2 is 1.13 bits per heavy atom. The molecule has 0 fully saturated rings. The number of pyridine rings is 2. The van der Waals surface area contributed by atoms with Crippen LogP contribution in [-0.4, -0.2) is 14.5 Å². The second-order valence-corrected chi connectivity index (χ2v) is 16.9. The molecule has 0 atom stereocenters. The van der Waals surface area contributed by atoms with Crippen molar-refractivity contribution < 1.29 is 25.8 Å². The van der Waals surface area contributed by atoms with Gasteiger partial charge in [0.05, 0.1) is 0 Å². The van der Waals surface area contributed by atoms with E-state index in [0.717, 1.165) is 55.6 Å². The van der Waals surface area contributed by atoms with Gasteiger partial charge in [0.25, 0.3) is 0 Å². The molecule has 0 aliphatic heterocycles. The average Bonchev–Trinajstić information content (AvgIpc) is 3.62. The van der Waals surface area contributed by atoms with Crippen LogP contribution in [0.3, 0.4) is 0 Å². The van der Waals surface area contributed by atoms with Crippen LogP contribution in [0.25, 0.3) is 94.5 Å². The Balaban J connectivity index is 0.00000458. The molecule has 0 unspecified atom stereocenters. The SMILES string of the molecule is Cc1cnc(-c2[c-]c(Oc3[c-]c4c(cc3)c3ccccc3n4-c3cc(C(C)(C)C)ccn3)ccc2)cc1-c1ccc2c(c1)-c1ccccc1-c1ccccc1-c1ccccc1-2.[Pt+2]. The summed E-state index contributed by atoms with van der Waals surface area (Å²) in [7, 11) is 0. The first kappa shape index (κ1) is 39.3. The summed E-state index contributed by atoms with van der Waals surface area (Å²) in [5.74, 6) is 2.04. The molecule has 4 nitrogen and oxygen atoms in total. The maximum absolute atomic E-state index is 6.55. The fourth-order valence-electron chi connectivity index (χ4n) is 8.96. The van der Waals surface area contributed by atoms with Gasteiger partial charge in [0.2, 0.25) is 0 Å². The fraction of sp³-hybridized carbons (Fsp3) is 0.0877. The van der Waals surface area contributed by atoms with Crippen molar-refractivity contribution in [3.05, 3.63) is 199 Å². The Kier molecular flexibility index (Phi) is 9.85. The Hall–Kier alpha value is -6.87. The summed E-state index contributed by atoms with van der Waals surface area (Å²) in [6, 6.07) is 65.3. The molecule has 0 saturated carbocycles. The van der Waals surface area contributed by atoms with Crippen LogP contribution in [0, 0.1) is 19.1 Å². The van der Waals surface area contributed by atoms with Crippen molar-refractivity contribution in [2.24, 2.45) is 0 Å². The number of fused-ring (bicyclic) bond motifs is 11. The zero-order valence-corrected chi connectivity index (χ0v) is 37.1. The van der Waals surface area contributed by atoms with Crippen molar-refractivity contribution in [3.8, 4) is 84.2 Å². The molecular formula is C57H41N3OPt. The van der Waals surface area contributed by atoms with Gasteiger partial charge in [-0.2, -0.15) is 6.07 Å². The molecule has 62 heavy (non-hydrogen) atoms. The van der Waals surface area contributed by atoms with Gasteiger partial charge in [0.1, 0.15) is 5.82 Å². The van der Waals surface area contributed by atoms with Crippen molar-refractivity contribution >= 4 is 21.8 Å². The van der Waals surface area contributed by atoms with Crippen LogP contribution in [-0.2, 0) is 26.5 Å². The molecule has 1 aliphatic rings. The first-order valence-corrected chi connectivity index (χ1v) is 20.8. The van der Waals surface area contributed by atoms with E-state index in [-0.39, 0.29) is 26.5 Å². The van der Waals surface area contributed by atoms with Crippen molar-refractivity contribution in [1.82, 2.24) is 14.5 Å². The number of hydrogen-bond donors (Lipinski definition) is 0. The number of nitrogens with zero attached hydrogens (tertiary/aromatic N) is 3. The van der Waals surface area contributed by atoms with E-state index in [9.17, 15) is 0 Å². The van der Waals surface area contributed by atoms with Gasteiger partial charge in [0, 0.05) is 29.4 Å². The Labute approximate surface area is 376 Å². The molecule has 1 aliphatic carbocycles. The molecular weight excluding hydrogens is 938 g/mol. The quantitative estimate of drug-likeness (QED) is 0.161. The molecule has 0 saturated heterocycles. The molecule has 10 aromatic rings. The maximum Gasteiger partial charge on any atom is 2.00 e. The predicted octanol–water partition coefficient (Wildman–Crippen LogP) is 14.9. The summed E-state index contributed by atoms with van der Waals surface area (Å²) in [5.41, 5.74) is 18.0. The summed E-state index contributed by atoms with van der Waals surface area (Å²) in [6.07, 6.45) is 3.86. The van der Waals surface area contributed by atoms with E-state index in [1.165, 1.54) is 50.1 Å². The van der Waals surface area contributed by atoms with E-state index in [2.05, 4.69) is 184 Å². The van der Waals surface area contributed by atoms with Gasteiger partial charge in [-0.1, -0.05) is 142 Å². The van der Waals surface area contributed by atoms with Gasteiger partial charge in [-0.15, -0.1) is 41.3 Å². The number of aromatic nitrogens is 3. The van der Waals surface area contributed by atoms with Crippen LogP contribution in [0.5, 0.6) is 11.5 Å². The van der Waals surface area contributed by atoms with Gasteiger partial charge in [-0.25, -0.2) is 4.98 Å². The zero-order valence-electron chi connectivity index (χ0n) is 34.8. The maximum atomic E-state index is 6.55. The molecule has 7 aromatic carbocycles. The van der Waals surface area contributed by atoms with Gasteiger partial charge in [-0.05, 0) is 114 Å². The van der Waals surface area contributed by atoms with E-state index < -0.39 is 0 Å².